The fraction of sp³-hybridized carbons (Fsp3) is 1.00. The molecule has 0 spiro atoms. The van der Waals surface area contributed by atoms with Crippen LogP contribution in [-0.4, -0.2) is 43.1 Å². The highest BCUT2D eigenvalue weighted by molar-refractivity contribution is 4.68. The Morgan fingerprint density at radius 3 is 2.15 bits per heavy atom. The minimum atomic E-state index is 0.501. The Morgan fingerprint density at radius 1 is 1.15 bits per heavy atom. The van der Waals surface area contributed by atoms with E-state index in [9.17, 15) is 0 Å². The Labute approximate surface area is 82.9 Å². The smallest absolute Gasteiger partial charge is 0.0365 e. The molecule has 1 unspecified atom stereocenters. The van der Waals surface area contributed by atoms with Gasteiger partial charge in [0.25, 0.3) is 0 Å². The Balaban J connectivity index is 3.79. The van der Waals surface area contributed by atoms with Crippen LogP contribution in [0.25, 0.3) is 0 Å². The van der Waals surface area contributed by atoms with Crippen LogP contribution in [0.1, 0.15) is 33.1 Å². The summed E-state index contributed by atoms with van der Waals surface area (Å²) in [6.07, 6.45) is 3.59. The summed E-state index contributed by atoms with van der Waals surface area (Å²) in [4.78, 5) is 2.35. The SMILES string of the molecule is CCCC(CN(C)CCC)N(C)N. The quantitative estimate of drug-likeness (QED) is 0.482. The predicted molar refractivity (Wildman–Crippen MR) is 58.4 cm³/mol. The van der Waals surface area contributed by atoms with Gasteiger partial charge in [-0.1, -0.05) is 20.3 Å². The zero-order chi connectivity index (χ0) is 10.3. The minimum Gasteiger partial charge on any atom is -0.305 e. The van der Waals surface area contributed by atoms with E-state index in [-0.39, 0.29) is 0 Å². The van der Waals surface area contributed by atoms with Crippen LogP contribution in [0.3, 0.4) is 0 Å². The fourth-order valence-corrected chi connectivity index (χ4v) is 1.59. The molecular weight excluding hydrogens is 162 g/mol. The number of hydrogen-bond donors (Lipinski definition) is 1. The summed E-state index contributed by atoms with van der Waals surface area (Å²) in [6, 6.07) is 0.501. The second-order valence-corrected chi connectivity index (χ2v) is 3.87. The molecule has 3 nitrogen and oxygen atoms in total. The maximum atomic E-state index is 5.77. The molecule has 1 atom stereocenters. The van der Waals surface area contributed by atoms with E-state index >= 15 is 0 Å². The summed E-state index contributed by atoms with van der Waals surface area (Å²) < 4.78 is 0. The van der Waals surface area contributed by atoms with Crippen LogP contribution in [0.5, 0.6) is 0 Å². The average Bonchev–Trinajstić information content (AvgIpc) is 2.04. The van der Waals surface area contributed by atoms with Crippen LogP contribution in [-0.2, 0) is 0 Å². The van der Waals surface area contributed by atoms with E-state index in [4.69, 9.17) is 5.84 Å². The molecule has 0 aromatic heterocycles. The van der Waals surface area contributed by atoms with E-state index in [1.54, 1.807) is 0 Å². The molecule has 0 saturated heterocycles. The monoisotopic (exact) mass is 187 g/mol. The van der Waals surface area contributed by atoms with Gasteiger partial charge in [-0.3, -0.25) is 5.84 Å². The third-order valence-electron chi connectivity index (χ3n) is 2.33. The molecule has 0 rings (SSSR count). The van der Waals surface area contributed by atoms with Gasteiger partial charge in [0.1, 0.15) is 0 Å². The Hall–Kier alpha value is -0.120. The second-order valence-electron chi connectivity index (χ2n) is 3.87. The van der Waals surface area contributed by atoms with Gasteiger partial charge in [-0.2, -0.15) is 0 Å². The molecule has 0 amide bonds. The van der Waals surface area contributed by atoms with Crippen molar-refractivity contribution in [2.45, 2.75) is 39.2 Å². The van der Waals surface area contributed by atoms with E-state index in [0.717, 1.165) is 13.1 Å². The van der Waals surface area contributed by atoms with Gasteiger partial charge in [-0.25, -0.2) is 5.01 Å². The Bertz CT molecular complexity index is 115. The first kappa shape index (κ1) is 12.9. The lowest BCUT2D eigenvalue weighted by Gasteiger charge is -2.28. The van der Waals surface area contributed by atoms with Gasteiger partial charge in [0.15, 0.2) is 0 Å². The van der Waals surface area contributed by atoms with Crippen molar-refractivity contribution < 1.29 is 0 Å². The van der Waals surface area contributed by atoms with Crippen molar-refractivity contribution in [2.24, 2.45) is 5.84 Å². The first-order valence-corrected chi connectivity index (χ1v) is 5.27. The maximum absolute atomic E-state index is 5.77. The van der Waals surface area contributed by atoms with Gasteiger partial charge >= 0.3 is 0 Å². The molecular formula is C10H25N3. The van der Waals surface area contributed by atoms with Crippen LogP contribution in [0, 0.1) is 0 Å². The van der Waals surface area contributed by atoms with Gasteiger partial charge in [0.05, 0.1) is 0 Å². The third kappa shape index (κ3) is 6.02. The van der Waals surface area contributed by atoms with Gasteiger partial charge in [0, 0.05) is 19.6 Å². The standard InChI is InChI=1S/C10H25N3/c1-5-7-10(13(4)11)9-12(3)8-6-2/h10H,5-9,11H2,1-4H3. The van der Waals surface area contributed by atoms with Gasteiger partial charge < -0.3 is 4.90 Å². The Kier molecular flexibility index (Phi) is 7.23. The van der Waals surface area contributed by atoms with Crippen LogP contribution in [0.2, 0.25) is 0 Å². The molecule has 13 heavy (non-hydrogen) atoms. The first-order valence-electron chi connectivity index (χ1n) is 5.27. The van der Waals surface area contributed by atoms with E-state index < -0.39 is 0 Å². The van der Waals surface area contributed by atoms with Crippen LogP contribution >= 0.6 is 0 Å². The average molecular weight is 187 g/mol. The zero-order valence-electron chi connectivity index (χ0n) is 9.58. The number of rotatable bonds is 7. The van der Waals surface area contributed by atoms with Gasteiger partial charge in [-0.05, 0) is 26.4 Å². The molecule has 2 N–H and O–H groups in total. The number of nitrogens with two attached hydrogens (primary N) is 1. The lowest BCUT2D eigenvalue weighted by atomic mass is 10.1. The van der Waals surface area contributed by atoms with Crippen LogP contribution in [0.15, 0.2) is 0 Å². The van der Waals surface area contributed by atoms with Crippen LogP contribution < -0.4 is 5.84 Å². The lowest BCUT2D eigenvalue weighted by molar-refractivity contribution is 0.173. The summed E-state index contributed by atoms with van der Waals surface area (Å²) in [5.74, 6) is 5.77. The Morgan fingerprint density at radius 2 is 1.77 bits per heavy atom. The molecule has 0 saturated carbocycles. The molecule has 0 aromatic carbocycles. The van der Waals surface area contributed by atoms with E-state index in [0.29, 0.717) is 6.04 Å². The summed E-state index contributed by atoms with van der Waals surface area (Å²) >= 11 is 0. The summed E-state index contributed by atoms with van der Waals surface area (Å²) in [6.45, 7) is 6.65. The summed E-state index contributed by atoms with van der Waals surface area (Å²) in [5, 5.41) is 1.84. The number of hydrogen-bond acceptors (Lipinski definition) is 3. The molecule has 0 aliphatic rings. The lowest BCUT2D eigenvalue weighted by Crippen LogP contribution is -2.44. The molecule has 0 heterocycles. The highest BCUT2D eigenvalue weighted by Crippen LogP contribution is 2.03. The first-order chi connectivity index (χ1) is 6.11. The van der Waals surface area contributed by atoms with Crippen LogP contribution in [0.4, 0.5) is 0 Å². The molecule has 3 heteroatoms. The van der Waals surface area contributed by atoms with Gasteiger partial charge in [-0.15, -0.1) is 0 Å². The molecule has 0 aromatic rings. The van der Waals surface area contributed by atoms with Gasteiger partial charge in [0.2, 0.25) is 0 Å². The zero-order valence-corrected chi connectivity index (χ0v) is 9.58. The third-order valence-corrected chi connectivity index (χ3v) is 2.33. The fourth-order valence-electron chi connectivity index (χ4n) is 1.59. The van der Waals surface area contributed by atoms with Crippen molar-refractivity contribution in [1.82, 2.24) is 9.91 Å². The molecule has 0 aliphatic carbocycles. The van der Waals surface area contributed by atoms with E-state index in [2.05, 4.69) is 25.8 Å². The number of likely N-dealkylation sites (N-methyl/N-ethyl adjacent to an activating group) is 2. The molecule has 80 valence electrons. The summed E-state index contributed by atoms with van der Waals surface area (Å²) in [5.41, 5.74) is 0. The van der Waals surface area contributed by atoms with Crippen molar-refractivity contribution in [3.63, 3.8) is 0 Å². The minimum absolute atomic E-state index is 0.501. The van der Waals surface area contributed by atoms with Crippen molar-refractivity contribution in [3.8, 4) is 0 Å². The highest BCUT2D eigenvalue weighted by atomic mass is 15.4. The topological polar surface area (TPSA) is 32.5 Å². The molecule has 0 fully saturated rings. The summed E-state index contributed by atoms with van der Waals surface area (Å²) in [7, 11) is 4.12. The largest absolute Gasteiger partial charge is 0.305 e. The maximum Gasteiger partial charge on any atom is 0.0365 e. The van der Waals surface area contributed by atoms with Crippen molar-refractivity contribution >= 4 is 0 Å². The normalized spacial score (nSPS) is 14.1. The predicted octanol–water partition coefficient (Wildman–Crippen LogP) is 1.30. The van der Waals surface area contributed by atoms with E-state index in [1.165, 1.54) is 19.3 Å². The molecule has 0 radical (unpaired) electrons. The second kappa shape index (κ2) is 7.30. The number of hydrazine groups is 1. The molecule has 0 bridgehead atoms. The van der Waals surface area contributed by atoms with Crippen molar-refractivity contribution in [1.29, 1.82) is 0 Å². The number of nitrogens with zero attached hydrogens (tertiary/aromatic N) is 2. The van der Waals surface area contributed by atoms with E-state index in [1.807, 2.05) is 12.1 Å². The molecule has 0 aliphatic heterocycles. The van der Waals surface area contributed by atoms with Crippen molar-refractivity contribution in [2.75, 3.05) is 27.2 Å². The van der Waals surface area contributed by atoms with Crippen molar-refractivity contribution in [3.05, 3.63) is 0 Å². The highest BCUT2D eigenvalue weighted by Gasteiger charge is 2.12.